The number of ether oxygens (including phenoxy) is 1. The fourth-order valence-corrected chi connectivity index (χ4v) is 2.09. The van der Waals surface area contributed by atoms with Crippen molar-refractivity contribution >= 4 is 11.4 Å². The summed E-state index contributed by atoms with van der Waals surface area (Å²) < 4.78 is 5.57. The monoisotopic (exact) mass is 261 g/mol. The van der Waals surface area contributed by atoms with E-state index in [0.717, 1.165) is 25.9 Å². The van der Waals surface area contributed by atoms with Gasteiger partial charge in [0.05, 0.1) is 11.0 Å². The summed E-state index contributed by atoms with van der Waals surface area (Å²) in [5, 5.41) is 22.8. The molecule has 1 atom stereocenters. The number of nitrogens with zero attached hydrogens (tertiary/aromatic N) is 2. The van der Waals surface area contributed by atoms with Gasteiger partial charge in [0.2, 0.25) is 0 Å². The highest BCUT2D eigenvalue weighted by Crippen LogP contribution is 2.23. The maximum absolute atomic E-state index is 10.8. The Hall–Kier alpha value is -2.13. The third-order valence-corrected chi connectivity index (χ3v) is 3.12. The Morgan fingerprint density at radius 2 is 2.37 bits per heavy atom. The topological polar surface area (TPSA) is 88.2 Å². The van der Waals surface area contributed by atoms with Gasteiger partial charge in [-0.1, -0.05) is 0 Å². The lowest BCUT2D eigenvalue weighted by Crippen LogP contribution is -2.26. The van der Waals surface area contributed by atoms with Crippen LogP contribution in [0, 0.1) is 21.4 Å². The minimum absolute atomic E-state index is 0.0736. The zero-order valence-corrected chi connectivity index (χ0v) is 10.5. The summed E-state index contributed by atoms with van der Waals surface area (Å²) in [6.45, 7) is 1.41. The lowest BCUT2D eigenvalue weighted by Gasteiger charge is -2.23. The Morgan fingerprint density at radius 1 is 1.53 bits per heavy atom. The van der Waals surface area contributed by atoms with Crippen LogP contribution in [0.1, 0.15) is 24.8 Å². The highest BCUT2D eigenvalue weighted by Gasteiger charge is 2.16. The van der Waals surface area contributed by atoms with Crippen molar-refractivity contribution in [2.45, 2.75) is 25.4 Å². The summed E-state index contributed by atoms with van der Waals surface area (Å²) in [7, 11) is 0. The van der Waals surface area contributed by atoms with Crippen LogP contribution in [0.3, 0.4) is 0 Å². The molecule has 1 aliphatic rings. The summed E-state index contributed by atoms with van der Waals surface area (Å²) in [6, 6.07) is 6.34. The van der Waals surface area contributed by atoms with E-state index >= 15 is 0 Å². The van der Waals surface area contributed by atoms with Crippen LogP contribution in [-0.2, 0) is 4.74 Å². The molecule has 6 heteroatoms. The Bertz CT molecular complexity index is 504. The van der Waals surface area contributed by atoms with Crippen LogP contribution in [0.5, 0.6) is 0 Å². The van der Waals surface area contributed by atoms with Crippen molar-refractivity contribution in [3.63, 3.8) is 0 Å². The Kier molecular flexibility index (Phi) is 4.31. The molecule has 0 saturated carbocycles. The molecule has 1 N–H and O–H groups in total. The van der Waals surface area contributed by atoms with Crippen molar-refractivity contribution in [2.75, 3.05) is 18.5 Å². The molecule has 0 aliphatic carbocycles. The molecule has 1 unspecified atom stereocenters. The van der Waals surface area contributed by atoms with E-state index in [0.29, 0.717) is 12.2 Å². The molecule has 19 heavy (non-hydrogen) atoms. The van der Waals surface area contributed by atoms with Crippen molar-refractivity contribution in [2.24, 2.45) is 0 Å². The van der Waals surface area contributed by atoms with Crippen molar-refractivity contribution in [3.05, 3.63) is 33.9 Å². The molecular weight excluding hydrogens is 246 g/mol. The van der Waals surface area contributed by atoms with Gasteiger partial charge in [-0.25, -0.2) is 0 Å². The van der Waals surface area contributed by atoms with Gasteiger partial charge in [0.15, 0.2) is 0 Å². The first-order valence-electron chi connectivity index (χ1n) is 6.24. The smallest absolute Gasteiger partial charge is 0.289 e. The predicted octanol–water partition coefficient (Wildman–Crippen LogP) is 2.45. The minimum atomic E-state index is -0.541. The molecular formula is C13H15N3O3. The van der Waals surface area contributed by atoms with Crippen LogP contribution in [0.4, 0.5) is 11.4 Å². The second kappa shape index (κ2) is 6.16. The van der Waals surface area contributed by atoms with Gasteiger partial charge in [-0.2, -0.15) is 5.26 Å². The first-order valence-corrected chi connectivity index (χ1v) is 6.24. The van der Waals surface area contributed by atoms with Gasteiger partial charge < -0.3 is 10.1 Å². The first kappa shape index (κ1) is 13.3. The SMILES string of the molecule is N#Cc1ccc(NCC2CCCCO2)cc1[N+](=O)[O-]. The highest BCUT2D eigenvalue weighted by molar-refractivity contribution is 5.59. The highest BCUT2D eigenvalue weighted by atomic mass is 16.6. The van der Waals surface area contributed by atoms with Gasteiger partial charge in [-0.3, -0.25) is 10.1 Å². The van der Waals surface area contributed by atoms with E-state index in [1.165, 1.54) is 12.1 Å². The van der Waals surface area contributed by atoms with Crippen molar-refractivity contribution < 1.29 is 9.66 Å². The average Bonchev–Trinajstić information content (AvgIpc) is 2.46. The molecule has 0 amide bonds. The number of nitro groups is 1. The van der Waals surface area contributed by atoms with Crippen molar-refractivity contribution in [1.29, 1.82) is 5.26 Å². The van der Waals surface area contributed by atoms with Gasteiger partial charge in [0.25, 0.3) is 5.69 Å². The number of benzene rings is 1. The zero-order valence-electron chi connectivity index (χ0n) is 10.5. The molecule has 1 saturated heterocycles. The Morgan fingerprint density at radius 3 is 3.00 bits per heavy atom. The van der Waals surface area contributed by atoms with Crippen LogP contribution in [0.15, 0.2) is 18.2 Å². The van der Waals surface area contributed by atoms with Crippen LogP contribution in [0.25, 0.3) is 0 Å². The molecule has 6 nitrogen and oxygen atoms in total. The van der Waals surface area contributed by atoms with Crippen molar-refractivity contribution in [1.82, 2.24) is 0 Å². The summed E-state index contributed by atoms with van der Waals surface area (Å²) in [5.74, 6) is 0. The lowest BCUT2D eigenvalue weighted by atomic mass is 10.1. The predicted molar refractivity (Wildman–Crippen MR) is 69.9 cm³/mol. The number of hydrogen-bond acceptors (Lipinski definition) is 5. The Balaban J connectivity index is 2.02. The molecule has 0 bridgehead atoms. The number of nitro benzene ring substituents is 1. The van der Waals surface area contributed by atoms with E-state index in [9.17, 15) is 10.1 Å². The van der Waals surface area contributed by atoms with Gasteiger partial charge in [-0.05, 0) is 31.4 Å². The van der Waals surface area contributed by atoms with E-state index in [1.54, 1.807) is 6.07 Å². The molecule has 0 radical (unpaired) electrons. The van der Waals surface area contributed by atoms with Gasteiger partial charge >= 0.3 is 0 Å². The maximum Gasteiger partial charge on any atom is 0.289 e. The quantitative estimate of drug-likeness (QED) is 0.664. The number of nitrogens with one attached hydrogen (secondary N) is 1. The van der Waals surface area contributed by atoms with Gasteiger partial charge in [-0.15, -0.1) is 0 Å². The summed E-state index contributed by atoms with van der Waals surface area (Å²) in [6.07, 6.45) is 3.41. The van der Waals surface area contributed by atoms with Crippen molar-refractivity contribution in [3.8, 4) is 6.07 Å². The summed E-state index contributed by atoms with van der Waals surface area (Å²) in [4.78, 5) is 10.3. The number of hydrogen-bond donors (Lipinski definition) is 1. The van der Waals surface area contributed by atoms with Gasteiger partial charge in [0, 0.05) is 24.9 Å². The van der Waals surface area contributed by atoms with E-state index in [4.69, 9.17) is 10.00 Å². The molecule has 1 aliphatic heterocycles. The van der Waals surface area contributed by atoms with E-state index in [1.807, 2.05) is 6.07 Å². The van der Waals surface area contributed by atoms with E-state index in [2.05, 4.69) is 5.32 Å². The molecule has 1 aromatic rings. The van der Waals surface area contributed by atoms with Crippen LogP contribution < -0.4 is 5.32 Å². The number of anilines is 1. The Labute approximate surface area is 111 Å². The summed E-state index contributed by atoms with van der Waals surface area (Å²) in [5.41, 5.74) is 0.543. The molecule has 1 fully saturated rings. The molecule has 0 spiro atoms. The fraction of sp³-hybridized carbons (Fsp3) is 0.462. The van der Waals surface area contributed by atoms with Gasteiger partial charge in [0.1, 0.15) is 11.6 Å². The lowest BCUT2D eigenvalue weighted by molar-refractivity contribution is -0.385. The molecule has 2 rings (SSSR count). The van der Waals surface area contributed by atoms with E-state index in [-0.39, 0.29) is 17.4 Å². The second-order valence-corrected chi connectivity index (χ2v) is 4.47. The standard InChI is InChI=1S/C13H15N3O3/c14-8-10-4-5-11(7-13(10)16(17)18)15-9-12-3-1-2-6-19-12/h4-5,7,12,15H,1-3,6,9H2. The largest absolute Gasteiger partial charge is 0.382 e. The third kappa shape index (κ3) is 3.42. The van der Waals surface area contributed by atoms with Crippen LogP contribution in [0.2, 0.25) is 0 Å². The normalized spacial score (nSPS) is 18.6. The molecule has 1 aromatic carbocycles. The second-order valence-electron chi connectivity index (χ2n) is 4.47. The molecule has 1 heterocycles. The number of rotatable bonds is 4. The first-order chi connectivity index (χ1) is 9.20. The summed E-state index contributed by atoms with van der Waals surface area (Å²) >= 11 is 0. The van der Waals surface area contributed by atoms with E-state index < -0.39 is 4.92 Å². The molecule has 0 aromatic heterocycles. The van der Waals surface area contributed by atoms with Crippen LogP contribution in [-0.4, -0.2) is 24.2 Å². The van der Waals surface area contributed by atoms with Crippen LogP contribution >= 0.6 is 0 Å². The fourth-order valence-electron chi connectivity index (χ4n) is 2.09. The zero-order chi connectivity index (χ0) is 13.7. The maximum atomic E-state index is 10.8. The minimum Gasteiger partial charge on any atom is -0.382 e. The number of nitriles is 1. The average molecular weight is 261 g/mol. The third-order valence-electron chi connectivity index (χ3n) is 3.12. The molecule has 100 valence electrons.